The van der Waals surface area contributed by atoms with Crippen LogP contribution in [0.3, 0.4) is 0 Å². The Balaban J connectivity index is 1.65. The van der Waals surface area contributed by atoms with E-state index in [1.165, 1.54) is 0 Å². The van der Waals surface area contributed by atoms with Crippen molar-refractivity contribution in [3.8, 4) is 0 Å². The third-order valence-electron chi connectivity index (χ3n) is 4.44. The van der Waals surface area contributed by atoms with E-state index in [4.69, 9.17) is 17.3 Å². The summed E-state index contributed by atoms with van der Waals surface area (Å²) < 4.78 is 0. The van der Waals surface area contributed by atoms with Gasteiger partial charge in [0.15, 0.2) is 0 Å². The molecular formula is C19H20ClN3O2. The zero-order valence-corrected chi connectivity index (χ0v) is 14.8. The highest BCUT2D eigenvalue weighted by atomic mass is 35.5. The van der Waals surface area contributed by atoms with Crippen LogP contribution in [0.1, 0.15) is 26.3 Å². The van der Waals surface area contributed by atoms with Crippen LogP contribution in [0.15, 0.2) is 42.5 Å². The van der Waals surface area contributed by atoms with Crippen LogP contribution >= 0.6 is 11.6 Å². The van der Waals surface area contributed by atoms with E-state index in [1.807, 2.05) is 13.0 Å². The molecule has 1 heterocycles. The van der Waals surface area contributed by atoms with Crippen LogP contribution in [0, 0.1) is 6.92 Å². The van der Waals surface area contributed by atoms with E-state index in [0.29, 0.717) is 48.0 Å². The van der Waals surface area contributed by atoms with Gasteiger partial charge in [-0.25, -0.2) is 0 Å². The summed E-state index contributed by atoms with van der Waals surface area (Å²) in [6.07, 6.45) is 0. The van der Waals surface area contributed by atoms with E-state index < -0.39 is 0 Å². The molecule has 1 aliphatic heterocycles. The normalized spacial score (nSPS) is 14.5. The van der Waals surface area contributed by atoms with Crippen molar-refractivity contribution in [3.05, 3.63) is 64.2 Å². The number of aryl methyl sites for hydroxylation is 1. The number of hydrogen-bond donors (Lipinski definition) is 1. The van der Waals surface area contributed by atoms with Crippen LogP contribution in [0.2, 0.25) is 5.02 Å². The number of nitrogens with zero attached hydrogens (tertiary/aromatic N) is 2. The first-order valence-electron chi connectivity index (χ1n) is 8.16. The maximum Gasteiger partial charge on any atom is 0.254 e. The quantitative estimate of drug-likeness (QED) is 0.840. The molecule has 2 amide bonds. The van der Waals surface area contributed by atoms with Gasteiger partial charge in [0.2, 0.25) is 0 Å². The van der Waals surface area contributed by atoms with Crippen molar-refractivity contribution >= 4 is 29.1 Å². The number of nitrogens with two attached hydrogens (primary N) is 1. The summed E-state index contributed by atoms with van der Waals surface area (Å²) in [6.45, 7) is 3.93. The summed E-state index contributed by atoms with van der Waals surface area (Å²) in [5.41, 5.74) is 8.50. The van der Waals surface area contributed by atoms with E-state index in [2.05, 4.69) is 0 Å². The molecule has 5 nitrogen and oxygen atoms in total. The van der Waals surface area contributed by atoms with Crippen LogP contribution in [0.4, 0.5) is 5.69 Å². The zero-order valence-electron chi connectivity index (χ0n) is 14.0. The van der Waals surface area contributed by atoms with Crippen molar-refractivity contribution in [3.63, 3.8) is 0 Å². The van der Waals surface area contributed by atoms with Crippen LogP contribution in [-0.2, 0) is 0 Å². The minimum absolute atomic E-state index is 0.0381. The summed E-state index contributed by atoms with van der Waals surface area (Å²) in [6, 6.07) is 12.2. The smallest absolute Gasteiger partial charge is 0.254 e. The molecule has 2 aromatic rings. The van der Waals surface area contributed by atoms with Crippen molar-refractivity contribution in [2.24, 2.45) is 0 Å². The first-order valence-corrected chi connectivity index (χ1v) is 8.54. The van der Waals surface area contributed by atoms with Gasteiger partial charge in [0.05, 0.1) is 0 Å². The number of carbonyl (C=O) groups is 2. The molecule has 1 aliphatic rings. The fourth-order valence-corrected chi connectivity index (χ4v) is 3.05. The molecule has 0 unspecified atom stereocenters. The van der Waals surface area contributed by atoms with Gasteiger partial charge >= 0.3 is 0 Å². The number of benzene rings is 2. The Morgan fingerprint density at radius 1 is 0.920 bits per heavy atom. The number of piperazine rings is 1. The average Bonchev–Trinajstić information content (AvgIpc) is 2.63. The third kappa shape index (κ3) is 3.77. The van der Waals surface area contributed by atoms with Crippen molar-refractivity contribution < 1.29 is 9.59 Å². The van der Waals surface area contributed by atoms with E-state index in [-0.39, 0.29) is 11.8 Å². The average molecular weight is 358 g/mol. The molecule has 130 valence electrons. The largest absolute Gasteiger partial charge is 0.399 e. The molecule has 0 radical (unpaired) electrons. The maximum absolute atomic E-state index is 12.7. The van der Waals surface area contributed by atoms with Crippen LogP contribution in [0.25, 0.3) is 0 Å². The lowest BCUT2D eigenvalue weighted by Gasteiger charge is -2.35. The van der Waals surface area contributed by atoms with Gasteiger partial charge < -0.3 is 15.5 Å². The Kier molecular flexibility index (Phi) is 4.95. The fourth-order valence-electron chi connectivity index (χ4n) is 2.93. The van der Waals surface area contributed by atoms with Crippen LogP contribution in [0.5, 0.6) is 0 Å². The first-order chi connectivity index (χ1) is 12.0. The Hall–Kier alpha value is -2.53. The molecule has 0 aliphatic carbocycles. The predicted octanol–water partition coefficient (Wildman–Crippen LogP) is 2.83. The standard InChI is InChI=1S/C19H20ClN3O2/c1-13-2-7-16(21)12-17(13)19(25)23-10-8-22(9-11-23)18(24)14-3-5-15(20)6-4-14/h2-7,12H,8-11,21H2,1H3. The lowest BCUT2D eigenvalue weighted by atomic mass is 10.1. The van der Waals surface area contributed by atoms with Gasteiger partial charge in [0, 0.05) is 48.0 Å². The van der Waals surface area contributed by atoms with Crippen LogP contribution in [-0.4, -0.2) is 47.8 Å². The van der Waals surface area contributed by atoms with Gasteiger partial charge in [-0.05, 0) is 48.9 Å². The zero-order chi connectivity index (χ0) is 18.0. The number of anilines is 1. The van der Waals surface area contributed by atoms with Crippen molar-refractivity contribution in [2.45, 2.75) is 6.92 Å². The number of nitrogen functional groups attached to an aromatic ring is 1. The van der Waals surface area contributed by atoms with E-state index >= 15 is 0 Å². The minimum Gasteiger partial charge on any atom is -0.399 e. The Bertz CT molecular complexity index is 797. The van der Waals surface area contributed by atoms with E-state index in [0.717, 1.165) is 5.56 Å². The predicted molar refractivity (Wildman–Crippen MR) is 98.9 cm³/mol. The van der Waals surface area contributed by atoms with Gasteiger partial charge in [-0.3, -0.25) is 9.59 Å². The second kappa shape index (κ2) is 7.15. The summed E-state index contributed by atoms with van der Waals surface area (Å²) in [7, 11) is 0. The Morgan fingerprint density at radius 2 is 1.48 bits per heavy atom. The fraction of sp³-hybridized carbons (Fsp3) is 0.263. The minimum atomic E-state index is -0.0385. The van der Waals surface area contributed by atoms with Gasteiger partial charge in [0.1, 0.15) is 0 Å². The SMILES string of the molecule is Cc1ccc(N)cc1C(=O)N1CCN(C(=O)c2ccc(Cl)cc2)CC1. The third-order valence-corrected chi connectivity index (χ3v) is 4.69. The molecule has 0 aromatic heterocycles. The van der Waals surface area contributed by atoms with Crippen molar-refractivity contribution in [2.75, 3.05) is 31.9 Å². The highest BCUT2D eigenvalue weighted by Crippen LogP contribution is 2.17. The molecule has 6 heteroatoms. The molecule has 25 heavy (non-hydrogen) atoms. The molecule has 0 bridgehead atoms. The lowest BCUT2D eigenvalue weighted by molar-refractivity contribution is 0.0535. The molecule has 0 atom stereocenters. The molecule has 1 saturated heterocycles. The van der Waals surface area contributed by atoms with E-state index in [9.17, 15) is 9.59 Å². The van der Waals surface area contributed by atoms with Gasteiger partial charge in [0.25, 0.3) is 11.8 Å². The Morgan fingerprint density at radius 3 is 2.08 bits per heavy atom. The van der Waals surface area contributed by atoms with Crippen LogP contribution < -0.4 is 5.73 Å². The summed E-state index contributed by atoms with van der Waals surface area (Å²) >= 11 is 5.86. The highest BCUT2D eigenvalue weighted by molar-refractivity contribution is 6.30. The molecule has 2 N–H and O–H groups in total. The molecule has 2 aromatic carbocycles. The Labute approximate surface area is 152 Å². The first kappa shape index (κ1) is 17.3. The topological polar surface area (TPSA) is 66.6 Å². The van der Waals surface area contributed by atoms with Gasteiger partial charge in [-0.2, -0.15) is 0 Å². The van der Waals surface area contributed by atoms with Gasteiger partial charge in [-0.1, -0.05) is 17.7 Å². The molecule has 3 rings (SSSR count). The number of halogens is 1. The molecule has 1 fully saturated rings. The molecule has 0 spiro atoms. The molecular weight excluding hydrogens is 338 g/mol. The summed E-state index contributed by atoms with van der Waals surface area (Å²) in [5.74, 6) is -0.0766. The number of hydrogen-bond acceptors (Lipinski definition) is 3. The number of rotatable bonds is 2. The number of carbonyl (C=O) groups excluding carboxylic acids is 2. The van der Waals surface area contributed by atoms with E-state index in [1.54, 1.807) is 46.2 Å². The maximum atomic E-state index is 12.7. The molecule has 0 saturated carbocycles. The monoisotopic (exact) mass is 357 g/mol. The summed E-state index contributed by atoms with van der Waals surface area (Å²) in [5, 5.41) is 0.601. The van der Waals surface area contributed by atoms with Crippen molar-refractivity contribution in [1.29, 1.82) is 0 Å². The number of amides is 2. The second-order valence-electron chi connectivity index (χ2n) is 6.17. The van der Waals surface area contributed by atoms with Crippen molar-refractivity contribution in [1.82, 2.24) is 9.80 Å². The second-order valence-corrected chi connectivity index (χ2v) is 6.60. The summed E-state index contributed by atoms with van der Waals surface area (Å²) in [4.78, 5) is 28.8. The van der Waals surface area contributed by atoms with Gasteiger partial charge in [-0.15, -0.1) is 0 Å². The highest BCUT2D eigenvalue weighted by Gasteiger charge is 2.26. The lowest BCUT2D eigenvalue weighted by Crippen LogP contribution is -2.50.